The number of hydrogen-bond donors (Lipinski definition) is 0. The summed E-state index contributed by atoms with van der Waals surface area (Å²) in [6.45, 7) is 0.610. The monoisotopic (exact) mass is 444 g/mol. The smallest absolute Gasteiger partial charge is 0.270 e. The van der Waals surface area contributed by atoms with E-state index in [1.54, 1.807) is 4.90 Å². The number of anilines is 1. The van der Waals surface area contributed by atoms with Crippen molar-refractivity contribution in [3.63, 3.8) is 0 Å². The van der Waals surface area contributed by atoms with E-state index in [9.17, 15) is 4.79 Å². The number of aryl methyl sites for hydroxylation is 1. The first-order chi connectivity index (χ1) is 15.3. The Morgan fingerprint density at radius 3 is 2.61 bits per heavy atom. The van der Waals surface area contributed by atoms with Crippen molar-refractivity contribution in [1.82, 2.24) is 4.98 Å². The fraction of sp³-hybridized carbons (Fsp3) is 0.120. The molecule has 0 fully saturated rings. The molecule has 3 heterocycles. The number of furan rings is 1. The van der Waals surface area contributed by atoms with Crippen LogP contribution in [0.25, 0.3) is 22.4 Å². The van der Waals surface area contributed by atoms with Gasteiger partial charge in [0.05, 0.1) is 4.88 Å². The van der Waals surface area contributed by atoms with E-state index in [4.69, 9.17) is 9.40 Å². The van der Waals surface area contributed by atoms with Crippen molar-refractivity contribution in [2.75, 3.05) is 11.4 Å². The molecule has 0 radical (unpaired) electrons. The summed E-state index contributed by atoms with van der Waals surface area (Å²) < 4.78 is 5.96. The largest absolute Gasteiger partial charge is 0.454 e. The molecule has 0 bridgehead atoms. The second kappa shape index (κ2) is 8.88. The summed E-state index contributed by atoms with van der Waals surface area (Å²) in [6.07, 6.45) is 1.78. The zero-order valence-electron chi connectivity index (χ0n) is 16.7. The molecule has 4 nitrogen and oxygen atoms in total. The first kappa shape index (κ1) is 19.7. The molecule has 0 saturated heterocycles. The van der Waals surface area contributed by atoms with Crippen LogP contribution in [-0.4, -0.2) is 17.4 Å². The van der Waals surface area contributed by atoms with Gasteiger partial charge in [0, 0.05) is 17.3 Å². The molecular formula is C25H20N2O2S2. The topological polar surface area (TPSA) is 46.3 Å². The second-order valence-electron chi connectivity index (χ2n) is 7.19. The molecule has 0 aliphatic heterocycles. The van der Waals surface area contributed by atoms with Crippen molar-refractivity contribution >= 4 is 44.7 Å². The van der Waals surface area contributed by atoms with Gasteiger partial charge in [-0.25, -0.2) is 4.98 Å². The van der Waals surface area contributed by atoms with Crippen LogP contribution in [0.2, 0.25) is 0 Å². The summed E-state index contributed by atoms with van der Waals surface area (Å²) >= 11 is 2.93. The number of carbonyl (C=O) groups is 1. The van der Waals surface area contributed by atoms with Gasteiger partial charge in [-0.3, -0.25) is 9.69 Å². The Morgan fingerprint density at radius 2 is 1.81 bits per heavy atom. The number of amides is 1. The van der Waals surface area contributed by atoms with Crippen molar-refractivity contribution in [3.05, 3.63) is 94.0 Å². The van der Waals surface area contributed by atoms with Crippen molar-refractivity contribution in [1.29, 1.82) is 0 Å². The minimum atomic E-state index is -0.00596. The van der Waals surface area contributed by atoms with Crippen LogP contribution < -0.4 is 4.90 Å². The minimum absolute atomic E-state index is 0.00596. The number of nitrogens with zero attached hydrogens (tertiary/aromatic N) is 2. The fourth-order valence-electron chi connectivity index (χ4n) is 3.51. The molecule has 1 amide bonds. The van der Waals surface area contributed by atoms with Gasteiger partial charge in [-0.15, -0.1) is 22.7 Å². The van der Waals surface area contributed by atoms with Crippen LogP contribution in [0.5, 0.6) is 0 Å². The van der Waals surface area contributed by atoms with Crippen LogP contribution in [0.15, 0.2) is 88.0 Å². The number of rotatable bonds is 7. The molecular weight excluding hydrogens is 424 g/mol. The number of thiazole rings is 1. The van der Waals surface area contributed by atoms with Gasteiger partial charge in [0.1, 0.15) is 11.3 Å². The molecule has 0 atom stereocenters. The molecule has 0 aliphatic rings. The lowest BCUT2D eigenvalue weighted by Crippen LogP contribution is -2.31. The summed E-state index contributed by atoms with van der Waals surface area (Å²) in [7, 11) is 0. The lowest BCUT2D eigenvalue weighted by Gasteiger charge is -2.19. The van der Waals surface area contributed by atoms with E-state index in [1.807, 2.05) is 71.4 Å². The van der Waals surface area contributed by atoms with Gasteiger partial charge in [0.2, 0.25) is 0 Å². The number of fused-ring (bicyclic) bond motifs is 1. The molecule has 31 heavy (non-hydrogen) atoms. The molecule has 0 aliphatic carbocycles. The van der Waals surface area contributed by atoms with Gasteiger partial charge in [0.15, 0.2) is 10.9 Å². The molecule has 2 aromatic carbocycles. The maximum atomic E-state index is 13.2. The highest BCUT2D eigenvalue weighted by atomic mass is 32.1. The van der Waals surface area contributed by atoms with Crippen LogP contribution in [0, 0.1) is 0 Å². The van der Waals surface area contributed by atoms with Crippen LogP contribution in [0.3, 0.4) is 0 Å². The van der Waals surface area contributed by atoms with E-state index < -0.39 is 0 Å². The van der Waals surface area contributed by atoms with Gasteiger partial charge >= 0.3 is 0 Å². The lowest BCUT2D eigenvalue weighted by atomic mass is 10.1. The fourth-order valence-corrected chi connectivity index (χ4v) is 5.02. The highest BCUT2D eigenvalue weighted by molar-refractivity contribution is 7.14. The summed E-state index contributed by atoms with van der Waals surface area (Å²) in [5.74, 6) is 0.713. The predicted molar refractivity (Wildman–Crippen MR) is 128 cm³/mol. The third-order valence-electron chi connectivity index (χ3n) is 5.07. The van der Waals surface area contributed by atoms with E-state index >= 15 is 0 Å². The summed E-state index contributed by atoms with van der Waals surface area (Å²) in [6, 6.07) is 24.0. The molecule has 3 aromatic heterocycles. The number of thiophene rings is 1. The number of benzene rings is 2. The van der Waals surface area contributed by atoms with Crippen molar-refractivity contribution in [2.45, 2.75) is 12.8 Å². The highest BCUT2D eigenvalue weighted by Crippen LogP contribution is 2.32. The summed E-state index contributed by atoms with van der Waals surface area (Å²) in [5, 5.41) is 5.62. The first-order valence-corrected chi connectivity index (χ1v) is 11.9. The van der Waals surface area contributed by atoms with Gasteiger partial charge in [-0.1, -0.05) is 54.6 Å². The molecule has 6 heteroatoms. The number of para-hydroxylation sites is 1. The van der Waals surface area contributed by atoms with E-state index in [2.05, 4.69) is 12.1 Å². The highest BCUT2D eigenvalue weighted by Gasteiger charge is 2.22. The van der Waals surface area contributed by atoms with E-state index in [1.165, 1.54) is 28.2 Å². The zero-order chi connectivity index (χ0) is 21.0. The Hall–Kier alpha value is -3.22. The Morgan fingerprint density at radius 1 is 0.968 bits per heavy atom. The van der Waals surface area contributed by atoms with Crippen molar-refractivity contribution in [2.24, 2.45) is 0 Å². The molecule has 0 spiro atoms. The van der Waals surface area contributed by atoms with E-state index in [-0.39, 0.29) is 5.91 Å². The van der Waals surface area contributed by atoms with E-state index in [0.717, 1.165) is 40.1 Å². The SMILES string of the molecule is O=C(c1cccs1)N(CCCc1ccccc1)c1nc(-c2cc3ccccc3o2)cs1. The molecule has 5 rings (SSSR count). The maximum absolute atomic E-state index is 13.2. The third-order valence-corrected chi connectivity index (χ3v) is 6.79. The third kappa shape index (κ3) is 4.31. The quantitative estimate of drug-likeness (QED) is 0.274. The predicted octanol–water partition coefficient (Wildman–Crippen LogP) is 6.90. The van der Waals surface area contributed by atoms with Crippen molar-refractivity contribution < 1.29 is 9.21 Å². The van der Waals surface area contributed by atoms with Gasteiger partial charge < -0.3 is 4.42 Å². The lowest BCUT2D eigenvalue weighted by molar-refractivity contribution is 0.0990. The number of carbonyl (C=O) groups excluding carboxylic acids is 1. The van der Waals surface area contributed by atoms with Crippen molar-refractivity contribution in [3.8, 4) is 11.5 Å². The summed E-state index contributed by atoms with van der Waals surface area (Å²) in [5.41, 5.74) is 2.86. The molecule has 0 saturated carbocycles. The Balaban J connectivity index is 1.40. The standard InChI is InChI=1S/C25H20N2O2S2/c28-24(23-13-7-15-30-23)27(14-6-10-18-8-2-1-3-9-18)25-26-20(17-31-25)22-16-19-11-4-5-12-21(19)29-22/h1-5,7-9,11-13,15-17H,6,10,14H2. The van der Waals surface area contributed by atoms with Gasteiger partial charge in [-0.05, 0) is 42.0 Å². The first-order valence-electron chi connectivity index (χ1n) is 10.1. The number of aromatic nitrogens is 1. The van der Waals surface area contributed by atoms with Crippen LogP contribution in [0.4, 0.5) is 5.13 Å². The second-order valence-corrected chi connectivity index (χ2v) is 8.97. The summed E-state index contributed by atoms with van der Waals surface area (Å²) in [4.78, 5) is 20.5. The maximum Gasteiger partial charge on any atom is 0.270 e. The normalized spacial score (nSPS) is 11.1. The average Bonchev–Trinajstić information content (AvgIpc) is 3.57. The Labute approximate surface area is 188 Å². The minimum Gasteiger partial charge on any atom is -0.454 e. The van der Waals surface area contributed by atoms with Crippen LogP contribution in [0.1, 0.15) is 21.7 Å². The van der Waals surface area contributed by atoms with Crippen LogP contribution >= 0.6 is 22.7 Å². The van der Waals surface area contributed by atoms with Crippen LogP contribution in [-0.2, 0) is 6.42 Å². The molecule has 154 valence electrons. The van der Waals surface area contributed by atoms with Gasteiger partial charge in [0.25, 0.3) is 5.91 Å². The molecule has 5 aromatic rings. The average molecular weight is 445 g/mol. The Kier molecular flexibility index (Phi) is 5.65. The molecule has 0 unspecified atom stereocenters. The van der Waals surface area contributed by atoms with E-state index in [0.29, 0.717) is 11.7 Å². The molecule has 0 N–H and O–H groups in total. The zero-order valence-corrected chi connectivity index (χ0v) is 18.4. The Bertz CT molecular complexity index is 1260. The van der Waals surface area contributed by atoms with Gasteiger partial charge in [-0.2, -0.15) is 0 Å². The number of hydrogen-bond acceptors (Lipinski definition) is 5.